The van der Waals surface area contributed by atoms with Gasteiger partial charge in [-0.05, 0) is 19.1 Å². The number of carbonyl (C=O) groups is 2. The van der Waals surface area contributed by atoms with E-state index < -0.39 is 0 Å². The van der Waals surface area contributed by atoms with Gasteiger partial charge in [-0.3, -0.25) is 14.9 Å². The van der Waals surface area contributed by atoms with Crippen LogP contribution in [0.1, 0.15) is 5.01 Å². The lowest BCUT2D eigenvalue weighted by Crippen LogP contribution is -2.25. The standard InChI is InChI=1S/C13H12N4O4S/c1-7-16-17-13(22-7)15-12(19)5-20-8-2-3-10-9(4-8)14-11(18)6-21-10/h2-4H,5-6H2,1H3,(H,14,18)(H,15,17,19). The topological polar surface area (TPSA) is 102 Å². The van der Waals surface area contributed by atoms with Crippen LogP contribution in [0.5, 0.6) is 11.5 Å². The number of aryl methyl sites for hydroxylation is 1. The van der Waals surface area contributed by atoms with Gasteiger partial charge in [0.2, 0.25) is 5.13 Å². The molecule has 9 heteroatoms. The van der Waals surface area contributed by atoms with Crippen LogP contribution in [0.3, 0.4) is 0 Å². The Morgan fingerprint density at radius 2 is 2.36 bits per heavy atom. The summed E-state index contributed by atoms with van der Waals surface area (Å²) in [4.78, 5) is 23.0. The molecule has 1 aliphatic rings. The van der Waals surface area contributed by atoms with Gasteiger partial charge in [-0.1, -0.05) is 11.3 Å². The van der Waals surface area contributed by atoms with E-state index in [1.54, 1.807) is 25.1 Å². The average molecular weight is 320 g/mol. The summed E-state index contributed by atoms with van der Waals surface area (Å²) in [6, 6.07) is 4.95. The number of benzene rings is 1. The molecule has 2 amide bonds. The number of aromatic nitrogens is 2. The normalized spacial score (nSPS) is 12.9. The Hall–Kier alpha value is -2.68. The summed E-state index contributed by atoms with van der Waals surface area (Å²) in [7, 11) is 0. The fourth-order valence-corrected chi connectivity index (χ4v) is 2.41. The summed E-state index contributed by atoms with van der Waals surface area (Å²) in [6.45, 7) is 1.62. The summed E-state index contributed by atoms with van der Waals surface area (Å²) in [5.74, 6) is 0.456. The lowest BCUT2D eigenvalue weighted by Gasteiger charge is -2.18. The van der Waals surface area contributed by atoms with Crippen molar-refractivity contribution in [1.29, 1.82) is 0 Å². The molecule has 0 saturated carbocycles. The smallest absolute Gasteiger partial charge is 0.264 e. The molecule has 0 aliphatic carbocycles. The maximum Gasteiger partial charge on any atom is 0.264 e. The van der Waals surface area contributed by atoms with E-state index in [0.29, 0.717) is 22.3 Å². The molecule has 1 aromatic heterocycles. The summed E-state index contributed by atoms with van der Waals surface area (Å²) < 4.78 is 10.6. The Kier molecular flexibility index (Phi) is 3.88. The summed E-state index contributed by atoms with van der Waals surface area (Å²) in [6.07, 6.45) is 0. The highest BCUT2D eigenvalue weighted by molar-refractivity contribution is 7.15. The zero-order chi connectivity index (χ0) is 15.5. The number of rotatable bonds is 4. The first-order chi connectivity index (χ1) is 10.6. The van der Waals surface area contributed by atoms with Crippen LogP contribution in [0.25, 0.3) is 0 Å². The molecule has 0 fully saturated rings. The van der Waals surface area contributed by atoms with Crippen LogP contribution in [0.15, 0.2) is 18.2 Å². The van der Waals surface area contributed by atoms with Gasteiger partial charge in [0.15, 0.2) is 13.2 Å². The molecule has 0 spiro atoms. The zero-order valence-electron chi connectivity index (χ0n) is 11.6. The SMILES string of the molecule is Cc1nnc(NC(=O)COc2ccc3c(c2)NC(=O)CO3)s1. The van der Waals surface area contributed by atoms with E-state index in [4.69, 9.17) is 9.47 Å². The largest absolute Gasteiger partial charge is 0.484 e. The number of anilines is 2. The molecule has 22 heavy (non-hydrogen) atoms. The molecule has 0 radical (unpaired) electrons. The molecule has 2 heterocycles. The Balaban J connectivity index is 1.58. The molecule has 3 rings (SSSR count). The van der Waals surface area contributed by atoms with Gasteiger partial charge in [0.05, 0.1) is 5.69 Å². The van der Waals surface area contributed by atoms with Crippen LogP contribution in [0.2, 0.25) is 0 Å². The molecular weight excluding hydrogens is 308 g/mol. The minimum Gasteiger partial charge on any atom is -0.484 e. The maximum absolute atomic E-state index is 11.7. The van der Waals surface area contributed by atoms with Gasteiger partial charge in [-0.15, -0.1) is 10.2 Å². The van der Waals surface area contributed by atoms with E-state index in [9.17, 15) is 9.59 Å². The number of fused-ring (bicyclic) bond motifs is 1. The highest BCUT2D eigenvalue weighted by atomic mass is 32.1. The van der Waals surface area contributed by atoms with Crippen molar-refractivity contribution in [3.8, 4) is 11.5 Å². The second-order valence-electron chi connectivity index (χ2n) is 4.46. The minimum atomic E-state index is -0.339. The molecule has 114 valence electrons. The predicted octanol–water partition coefficient (Wildman–Crippen LogP) is 1.19. The van der Waals surface area contributed by atoms with Crippen molar-refractivity contribution in [3.05, 3.63) is 23.2 Å². The van der Waals surface area contributed by atoms with Crippen molar-refractivity contribution in [2.45, 2.75) is 6.92 Å². The Morgan fingerprint density at radius 1 is 1.50 bits per heavy atom. The number of hydrogen-bond donors (Lipinski definition) is 2. The molecule has 2 N–H and O–H groups in total. The third kappa shape index (κ3) is 3.31. The Labute approximate surface area is 129 Å². The third-order valence-electron chi connectivity index (χ3n) is 2.73. The summed E-state index contributed by atoms with van der Waals surface area (Å²) in [5, 5.41) is 14.0. The fourth-order valence-electron chi connectivity index (χ4n) is 1.80. The molecule has 8 nitrogen and oxygen atoms in total. The van der Waals surface area contributed by atoms with E-state index >= 15 is 0 Å². The number of hydrogen-bond acceptors (Lipinski definition) is 7. The second-order valence-corrected chi connectivity index (χ2v) is 5.64. The van der Waals surface area contributed by atoms with Crippen molar-refractivity contribution in [1.82, 2.24) is 10.2 Å². The van der Waals surface area contributed by atoms with E-state index in [1.807, 2.05) is 0 Å². The fraction of sp³-hybridized carbons (Fsp3) is 0.231. The van der Waals surface area contributed by atoms with E-state index in [0.717, 1.165) is 5.01 Å². The quantitative estimate of drug-likeness (QED) is 0.877. The van der Waals surface area contributed by atoms with E-state index in [1.165, 1.54) is 11.3 Å². The van der Waals surface area contributed by atoms with Gasteiger partial charge >= 0.3 is 0 Å². The average Bonchev–Trinajstić information content (AvgIpc) is 2.89. The maximum atomic E-state index is 11.7. The predicted molar refractivity (Wildman–Crippen MR) is 79.3 cm³/mol. The molecule has 0 saturated heterocycles. The summed E-state index contributed by atoms with van der Waals surface area (Å²) in [5.41, 5.74) is 0.522. The van der Waals surface area contributed by atoms with Crippen molar-refractivity contribution < 1.29 is 19.1 Å². The molecule has 0 bridgehead atoms. The van der Waals surface area contributed by atoms with Crippen LogP contribution < -0.4 is 20.1 Å². The van der Waals surface area contributed by atoms with Gasteiger partial charge in [0.25, 0.3) is 11.8 Å². The van der Waals surface area contributed by atoms with Crippen molar-refractivity contribution in [2.24, 2.45) is 0 Å². The van der Waals surface area contributed by atoms with Gasteiger partial charge in [0.1, 0.15) is 16.5 Å². The van der Waals surface area contributed by atoms with Crippen LogP contribution in [0, 0.1) is 6.92 Å². The number of nitrogens with one attached hydrogen (secondary N) is 2. The molecule has 1 aliphatic heterocycles. The number of carbonyl (C=O) groups excluding carboxylic acids is 2. The van der Waals surface area contributed by atoms with Gasteiger partial charge < -0.3 is 14.8 Å². The van der Waals surface area contributed by atoms with Crippen LogP contribution in [0.4, 0.5) is 10.8 Å². The van der Waals surface area contributed by atoms with Crippen LogP contribution in [-0.4, -0.2) is 35.2 Å². The minimum absolute atomic E-state index is 0.00310. The summed E-state index contributed by atoms with van der Waals surface area (Å²) >= 11 is 1.28. The highest BCUT2D eigenvalue weighted by Gasteiger charge is 2.16. The number of amides is 2. The first-order valence-electron chi connectivity index (χ1n) is 6.39. The first kappa shape index (κ1) is 14.3. The molecule has 0 atom stereocenters. The second kappa shape index (κ2) is 5.98. The number of ether oxygens (including phenoxy) is 2. The molecule has 0 unspecified atom stereocenters. The zero-order valence-corrected chi connectivity index (χ0v) is 12.4. The molecule has 2 aromatic rings. The highest BCUT2D eigenvalue weighted by Crippen LogP contribution is 2.31. The van der Waals surface area contributed by atoms with Gasteiger partial charge in [0, 0.05) is 6.07 Å². The Bertz CT molecular complexity index is 731. The van der Waals surface area contributed by atoms with Crippen LogP contribution >= 0.6 is 11.3 Å². The number of nitrogens with zero attached hydrogens (tertiary/aromatic N) is 2. The van der Waals surface area contributed by atoms with E-state index in [2.05, 4.69) is 20.8 Å². The lowest BCUT2D eigenvalue weighted by atomic mass is 10.2. The molecular formula is C13H12N4O4S. The van der Waals surface area contributed by atoms with Gasteiger partial charge in [-0.2, -0.15) is 0 Å². The Morgan fingerprint density at radius 3 is 3.14 bits per heavy atom. The molecule has 1 aromatic carbocycles. The van der Waals surface area contributed by atoms with Crippen molar-refractivity contribution in [2.75, 3.05) is 23.8 Å². The van der Waals surface area contributed by atoms with E-state index in [-0.39, 0.29) is 25.0 Å². The van der Waals surface area contributed by atoms with Gasteiger partial charge in [-0.25, -0.2) is 0 Å². The van der Waals surface area contributed by atoms with Crippen molar-refractivity contribution in [3.63, 3.8) is 0 Å². The first-order valence-corrected chi connectivity index (χ1v) is 7.21. The van der Waals surface area contributed by atoms with Crippen LogP contribution in [-0.2, 0) is 9.59 Å². The van der Waals surface area contributed by atoms with Crippen molar-refractivity contribution >= 4 is 34.0 Å². The lowest BCUT2D eigenvalue weighted by molar-refractivity contribution is -0.119. The third-order valence-corrected chi connectivity index (χ3v) is 3.48. The monoisotopic (exact) mass is 320 g/mol.